The average Bonchev–Trinajstić information content (AvgIpc) is 3.20. The van der Waals surface area contributed by atoms with Crippen molar-refractivity contribution in [3.63, 3.8) is 0 Å². The Bertz CT molecular complexity index is 950. The maximum atomic E-state index is 13.6. The van der Waals surface area contributed by atoms with Gasteiger partial charge in [0.15, 0.2) is 0 Å². The van der Waals surface area contributed by atoms with Gasteiger partial charge in [0.05, 0.1) is 19.1 Å². The summed E-state index contributed by atoms with van der Waals surface area (Å²) in [4.78, 5) is 37.0. The van der Waals surface area contributed by atoms with Crippen LogP contribution in [-0.2, 0) is 11.2 Å². The number of rotatable bonds is 5. The van der Waals surface area contributed by atoms with Gasteiger partial charge in [-0.3, -0.25) is 19.5 Å². The molecular formula is C25H34N5O2+. The number of amides is 3. The van der Waals surface area contributed by atoms with Crippen LogP contribution in [0.1, 0.15) is 51.0 Å². The Morgan fingerprint density at radius 3 is 2.59 bits per heavy atom. The Hall–Kier alpha value is -2.70. The van der Waals surface area contributed by atoms with Crippen molar-refractivity contribution in [3.05, 3.63) is 35.9 Å². The van der Waals surface area contributed by atoms with Crippen molar-refractivity contribution in [2.24, 2.45) is 10.9 Å². The van der Waals surface area contributed by atoms with Crippen molar-refractivity contribution < 1.29 is 14.2 Å². The van der Waals surface area contributed by atoms with Gasteiger partial charge >= 0.3 is 12.0 Å². The van der Waals surface area contributed by atoms with Crippen molar-refractivity contribution in [2.45, 2.75) is 64.0 Å². The van der Waals surface area contributed by atoms with Gasteiger partial charge in [-0.25, -0.2) is 9.37 Å². The standard InChI is InChI=1S/C25H34N5O2/c1-18-16-29(20-13-7-4-8-14-20)24-26-22-21(30(24)17-18)23(31)28(25(32)27(22)2)15-9-12-19-10-5-3-6-11-19/h3,5-6,10-11,18,20-21H,4,7-9,12-17H2,1-2H3/q+1. The Kier molecular flexibility index (Phi) is 5.74. The summed E-state index contributed by atoms with van der Waals surface area (Å²) in [5, 5.41) is 0. The van der Waals surface area contributed by atoms with Crippen LogP contribution < -0.4 is 0 Å². The van der Waals surface area contributed by atoms with E-state index in [9.17, 15) is 9.59 Å². The predicted molar refractivity (Wildman–Crippen MR) is 124 cm³/mol. The molecule has 5 rings (SSSR count). The van der Waals surface area contributed by atoms with Crippen molar-refractivity contribution >= 4 is 23.7 Å². The second kappa shape index (κ2) is 8.68. The molecule has 0 radical (unpaired) electrons. The number of nitrogens with zero attached hydrogens (tertiary/aromatic N) is 5. The van der Waals surface area contributed by atoms with Crippen LogP contribution in [0.3, 0.4) is 0 Å². The number of aliphatic imine (C=N–C) groups is 1. The molecule has 7 heteroatoms. The smallest absolute Gasteiger partial charge is 0.270 e. The first-order valence-electron chi connectivity index (χ1n) is 12.2. The average molecular weight is 437 g/mol. The quantitative estimate of drug-likeness (QED) is 0.667. The fraction of sp³-hybridized carbons (Fsp3) is 0.600. The molecule has 1 saturated heterocycles. The molecular weight excluding hydrogens is 402 g/mol. The van der Waals surface area contributed by atoms with E-state index in [-0.39, 0.29) is 11.9 Å². The highest BCUT2D eigenvalue weighted by molar-refractivity contribution is 6.22. The number of benzene rings is 1. The van der Waals surface area contributed by atoms with Crippen LogP contribution in [0.5, 0.6) is 0 Å². The van der Waals surface area contributed by atoms with Crippen molar-refractivity contribution in [2.75, 3.05) is 26.7 Å². The zero-order valence-electron chi connectivity index (χ0n) is 19.2. The van der Waals surface area contributed by atoms with Gasteiger partial charge in [-0.2, -0.15) is 0 Å². The summed E-state index contributed by atoms with van der Waals surface area (Å²) >= 11 is 0. The van der Waals surface area contributed by atoms with E-state index >= 15 is 0 Å². The zero-order chi connectivity index (χ0) is 22.2. The lowest BCUT2D eigenvalue weighted by atomic mass is 9.93. The third-order valence-electron chi connectivity index (χ3n) is 7.37. The molecule has 0 spiro atoms. The van der Waals surface area contributed by atoms with Crippen LogP contribution in [0.25, 0.3) is 0 Å². The molecule has 2 unspecified atom stereocenters. The first kappa shape index (κ1) is 21.2. The number of hydrogen-bond acceptors (Lipinski definition) is 4. The molecule has 3 heterocycles. The van der Waals surface area contributed by atoms with E-state index in [1.54, 1.807) is 11.9 Å². The van der Waals surface area contributed by atoms with Crippen molar-refractivity contribution in [1.82, 2.24) is 14.7 Å². The summed E-state index contributed by atoms with van der Waals surface area (Å²) < 4.78 is 2.17. The number of amidine groups is 1. The minimum absolute atomic E-state index is 0.118. The second-order valence-corrected chi connectivity index (χ2v) is 9.79. The number of hydrogen-bond donors (Lipinski definition) is 0. The van der Waals surface area contributed by atoms with Gasteiger partial charge in [-0.15, -0.1) is 0 Å². The van der Waals surface area contributed by atoms with Gasteiger partial charge in [-0.05, 0) is 31.2 Å². The molecule has 4 aliphatic rings. The van der Waals surface area contributed by atoms with Gasteiger partial charge in [0.1, 0.15) is 0 Å². The van der Waals surface area contributed by atoms with Crippen LogP contribution >= 0.6 is 0 Å². The molecule has 0 N–H and O–H groups in total. The molecule has 170 valence electrons. The molecule has 1 aromatic carbocycles. The van der Waals surface area contributed by atoms with E-state index in [1.165, 1.54) is 42.6 Å². The number of imide groups is 1. The third kappa shape index (κ3) is 3.71. The van der Waals surface area contributed by atoms with Gasteiger partial charge in [0.2, 0.25) is 11.9 Å². The highest BCUT2D eigenvalue weighted by Crippen LogP contribution is 2.30. The van der Waals surface area contributed by atoms with Gasteiger partial charge in [-0.1, -0.05) is 61.5 Å². The normalized spacial score (nSPS) is 26.4. The number of aryl methyl sites for hydroxylation is 1. The van der Waals surface area contributed by atoms with E-state index < -0.39 is 6.04 Å². The summed E-state index contributed by atoms with van der Waals surface area (Å²) in [6, 6.07) is 9.99. The Morgan fingerprint density at radius 2 is 1.84 bits per heavy atom. The first-order valence-corrected chi connectivity index (χ1v) is 12.2. The summed E-state index contributed by atoms with van der Waals surface area (Å²) in [6.45, 7) is 4.48. The molecule has 7 nitrogen and oxygen atoms in total. The number of urea groups is 1. The zero-order valence-corrected chi connectivity index (χ0v) is 19.2. The van der Waals surface area contributed by atoms with E-state index in [4.69, 9.17) is 4.99 Å². The Balaban J connectivity index is 1.37. The fourth-order valence-electron chi connectivity index (χ4n) is 5.73. The van der Waals surface area contributed by atoms with Crippen LogP contribution in [0.15, 0.2) is 35.3 Å². The van der Waals surface area contributed by atoms with E-state index in [0.717, 1.165) is 31.9 Å². The number of guanidine groups is 1. The third-order valence-corrected chi connectivity index (χ3v) is 7.37. The molecule has 3 aliphatic heterocycles. The minimum atomic E-state index is -0.474. The molecule has 2 fully saturated rings. The highest BCUT2D eigenvalue weighted by Gasteiger charge is 2.55. The number of carbonyl (C=O) groups is 2. The summed E-state index contributed by atoms with van der Waals surface area (Å²) in [7, 11) is 1.76. The molecule has 32 heavy (non-hydrogen) atoms. The fourth-order valence-corrected chi connectivity index (χ4v) is 5.73. The first-order chi connectivity index (χ1) is 15.5. The Labute approximate surface area is 190 Å². The molecule has 0 bridgehead atoms. The second-order valence-electron chi connectivity index (χ2n) is 9.79. The Morgan fingerprint density at radius 1 is 1.09 bits per heavy atom. The maximum Gasteiger partial charge on any atom is 0.392 e. The van der Waals surface area contributed by atoms with Gasteiger partial charge < -0.3 is 0 Å². The molecule has 1 aliphatic carbocycles. The van der Waals surface area contributed by atoms with Crippen LogP contribution in [0, 0.1) is 5.92 Å². The molecule has 2 atom stereocenters. The lowest BCUT2D eigenvalue weighted by molar-refractivity contribution is -0.552. The predicted octanol–water partition coefficient (Wildman–Crippen LogP) is 2.95. The molecule has 0 aromatic heterocycles. The molecule has 3 amide bonds. The van der Waals surface area contributed by atoms with Gasteiger partial charge in [0.25, 0.3) is 5.91 Å². The lowest BCUT2D eigenvalue weighted by Crippen LogP contribution is -2.64. The summed E-state index contributed by atoms with van der Waals surface area (Å²) in [5.74, 6) is 1.85. The van der Waals surface area contributed by atoms with Crippen LogP contribution in [0.4, 0.5) is 4.79 Å². The van der Waals surface area contributed by atoms with Gasteiger partial charge in [0, 0.05) is 19.5 Å². The lowest BCUT2D eigenvalue weighted by Gasteiger charge is -2.37. The van der Waals surface area contributed by atoms with Crippen molar-refractivity contribution in [1.29, 1.82) is 0 Å². The van der Waals surface area contributed by atoms with Crippen LogP contribution in [-0.4, -0.2) is 81.8 Å². The van der Waals surface area contributed by atoms with E-state index in [0.29, 0.717) is 24.3 Å². The molecule has 1 saturated carbocycles. The SMILES string of the molecule is CC1CN(C2CCCCC2)C2=[N+](C1)C1C(=O)N(CCCc3ccccc3)C(=O)N(C)C1=N2. The van der Waals surface area contributed by atoms with E-state index in [1.807, 2.05) is 18.2 Å². The maximum absolute atomic E-state index is 13.6. The highest BCUT2D eigenvalue weighted by atomic mass is 16.2. The van der Waals surface area contributed by atoms with E-state index in [2.05, 4.69) is 28.5 Å². The van der Waals surface area contributed by atoms with Crippen molar-refractivity contribution in [3.8, 4) is 0 Å². The largest absolute Gasteiger partial charge is 0.392 e. The topological polar surface area (TPSA) is 59.2 Å². The number of likely N-dealkylation sites (N-methyl/N-ethyl adjacent to an activating group) is 1. The number of carbonyl (C=O) groups excluding carboxylic acids is 2. The summed E-state index contributed by atoms with van der Waals surface area (Å²) in [6.07, 6.45) is 7.81. The monoisotopic (exact) mass is 436 g/mol. The van der Waals surface area contributed by atoms with Crippen LogP contribution in [0.2, 0.25) is 0 Å². The number of fused-ring (bicyclic) bond motifs is 2. The minimum Gasteiger partial charge on any atom is -0.270 e. The molecule has 1 aromatic rings. The summed E-state index contributed by atoms with van der Waals surface area (Å²) in [5.41, 5.74) is 1.23.